The van der Waals surface area contributed by atoms with E-state index in [4.69, 9.17) is 5.41 Å². The van der Waals surface area contributed by atoms with Gasteiger partial charge in [-0.25, -0.2) is 0 Å². The van der Waals surface area contributed by atoms with Crippen molar-refractivity contribution in [1.82, 2.24) is 4.98 Å². The standard InChI is InChI=1S/C16H23N3/c1-5-13-6-7-14(18-8-13)16(4)9-15(3,10-17)12(2)19-11-16/h6-8,10-12,17H,5,9H2,1-4H3/t12?,15?,16-/m1/s1. The highest BCUT2D eigenvalue weighted by Crippen LogP contribution is 2.40. The summed E-state index contributed by atoms with van der Waals surface area (Å²) in [6, 6.07) is 4.40. The number of pyridine rings is 1. The monoisotopic (exact) mass is 257 g/mol. The maximum atomic E-state index is 7.71. The SMILES string of the molecule is CCc1ccc([C@@]2(C)C=NC(C)C(C)(C=N)C2)nc1. The molecule has 1 aliphatic heterocycles. The summed E-state index contributed by atoms with van der Waals surface area (Å²) in [4.78, 5) is 9.21. The summed E-state index contributed by atoms with van der Waals surface area (Å²) >= 11 is 0. The number of aromatic nitrogens is 1. The molecule has 0 aromatic carbocycles. The van der Waals surface area contributed by atoms with E-state index >= 15 is 0 Å². The molecule has 0 spiro atoms. The minimum atomic E-state index is -0.186. The topological polar surface area (TPSA) is 49.1 Å². The van der Waals surface area contributed by atoms with Crippen molar-refractivity contribution in [2.45, 2.75) is 52.0 Å². The van der Waals surface area contributed by atoms with Crippen molar-refractivity contribution in [2.75, 3.05) is 0 Å². The third-order valence-corrected chi connectivity index (χ3v) is 4.43. The van der Waals surface area contributed by atoms with Gasteiger partial charge in [-0.05, 0) is 38.3 Å². The van der Waals surface area contributed by atoms with Crippen LogP contribution >= 0.6 is 0 Å². The van der Waals surface area contributed by atoms with Gasteiger partial charge in [-0.15, -0.1) is 0 Å². The number of aliphatic imine (C=N–C) groups is 1. The third-order valence-electron chi connectivity index (χ3n) is 4.43. The zero-order valence-electron chi connectivity index (χ0n) is 12.3. The summed E-state index contributed by atoms with van der Waals surface area (Å²) in [6.45, 7) is 8.49. The number of aryl methyl sites for hydroxylation is 1. The first-order chi connectivity index (χ1) is 8.93. The number of nitrogens with zero attached hydrogens (tertiary/aromatic N) is 2. The molecular formula is C16H23N3. The van der Waals surface area contributed by atoms with Crippen LogP contribution in [0.1, 0.15) is 45.4 Å². The van der Waals surface area contributed by atoms with Gasteiger partial charge in [0.15, 0.2) is 0 Å². The van der Waals surface area contributed by atoms with Gasteiger partial charge >= 0.3 is 0 Å². The van der Waals surface area contributed by atoms with E-state index in [-0.39, 0.29) is 16.9 Å². The summed E-state index contributed by atoms with van der Waals surface area (Å²) in [6.07, 6.45) is 7.41. The molecule has 0 radical (unpaired) electrons. The smallest absolute Gasteiger partial charge is 0.0571 e. The molecule has 3 heteroatoms. The fourth-order valence-electron chi connectivity index (χ4n) is 2.73. The Kier molecular flexibility index (Phi) is 3.57. The minimum Gasteiger partial charge on any atom is -0.312 e. The van der Waals surface area contributed by atoms with Gasteiger partial charge in [0.1, 0.15) is 0 Å². The molecule has 0 bridgehead atoms. The molecule has 0 aliphatic carbocycles. The van der Waals surface area contributed by atoms with Crippen molar-refractivity contribution in [1.29, 1.82) is 5.41 Å². The highest BCUT2D eigenvalue weighted by atomic mass is 14.9. The molecule has 19 heavy (non-hydrogen) atoms. The minimum absolute atomic E-state index is 0.160. The zero-order chi connectivity index (χ0) is 14.1. The maximum absolute atomic E-state index is 7.71. The van der Waals surface area contributed by atoms with Gasteiger partial charge in [0.25, 0.3) is 0 Å². The van der Waals surface area contributed by atoms with Crippen molar-refractivity contribution >= 4 is 12.4 Å². The summed E-state index contributed by atoms with van der Waals surface area (Å²) in [5, 5.41) is 7.71. The quantitative estimate of drug-likeness (QED) is 0.829. The Hall–Kier alpha value is -1.51. The van der Waals surface area contributed by atoms with E-state index in [1.807, 2.05) is 12.4 Å². The average molecular weight is 257 g/mol. The molecule has 1 N–H and O–H groups in total. The maximum Gasteiger partial charge on any atom is 0.0571 e. The van der Waals surface area contributed by atoms with Gasteiger partial charge in [-0.1, -0.05) is 19.9 Å². The van der Waals surface area contributed by atoms with Gasteiger partial charge in [0, 0.05) is 29.5 Å². The van der Waals surface area contributed by atoms with E-state index < -0.39 is 0 Å². The summed E-state index contributed by atoms with van der Waals surface area (Å²) in [5.41, 5.74) is 1.94. The van der Waals surface area contributed by atoms with Gasteiger partial charge in [0.2, 0.25) is 0 Å². The molecule has 0 amide bonds. The Bertz CT molecular complexity index is 491. The summed E-state index contributed by atoms with van der Waals surface area (Å²) in [7, 11) is 0. The highest BCUT2D eigenvalue weighted by molar-refractivity contribution is 5.77. The predicted octanol–water partition coefficient (Wildman–Crippen LogP) is 3.42. The van der Waals surface area contributed by atoms with E-state index in [2.05, 4.69) is 49.8 Å². The molecule has 0 saturated heterocycles. The Morgan fingerprint density at radius 3 is 2.68 bits per heavy atom. The molecule has 102 valence electrons. The first kappa shape index (κ1) is 13.9. The van der Waals surface area contributed by atoms with Crippen LogP contribution in [0.2, 0.25) is 0 Å². The number of rotatable bonds is 3. The summed E-state index contributed by atoms with van der Waals surface area (Å²) < 4.78 is 0. The predicted molar refractivity (Wildman–Crippen MR) is 80.4 cm³/mol. The Morgan fingerprint density at radius 2 is 2.16 bits per heavy atom. The van der Waals surface area contributed by atoms with Gasteiger partial charge in [-0.2, -0.15) is 0 Å². The van der Waals surface area contributed by atoms with Crippen molar-refractivity contribution in [3.05, 3.63) is 29.6 Å². The van der Waals surface area contributed by atoms with E-state index in [1.165, 1.54) is 5.56 Å². The molecule has 2 unspecified atom stereocenters. The van der Waals surface area contributed by atoms with Crippen LogP contribution in [-0.2, 0) is 11.8 Å². The fraction of sp³-hybridized carbons (Fsp3) is 0.562. The molecule has 3 atom stereocenters. The van der Waals surface area contributed by atoms with Crippen LogP contribution in [-0.4, -0.2) is 23.5 Å². The molecule has 1 aromatic heterocycles. The number of nitrogens with one attached hydrogen (secondary N) is 1. The van der Waals surface area contributed by atoms with Crippen LogP contribution in [0.15, 0.2) is 23.3 Å². The van der Waals surface area contributed by atoms with Gasteiger partial charge < -0.3 is 5.41 Å². The van der Waals surface area contributed by atoms with E-state index in [0.717, 1.165) is 18.5 Å². The van der Waals surface area contributed by atoms with Crippen molar-refractivity contribution in [3.8, 4) is 0 Å². The van der Waals surface area contributed by atoms with Gasteiger partial charge in [0.05, 0.1) is 11.7 Å². The first-order valence-corrected chi connectivity index (χ1v) is 6.95. The molecular weight excluding hydrogens is 234 g/mol. The second-order valence-electron chi connectivity index (χ2n) is 6.10. The molecule has 0 saturated carbocycles. The summed E-state index contributed by atoms with van der Waals surface area (Å²) in [5.74, 6) is 0. The highest BCUT2D eigenvalue weighted by Gasteiger charge is 2.42. The lowest BCUT2D eigenvalue weighted by molar-refractivity contribution is 0.296. The van der Waals surface area contributed by atoms with Crippen LogP contribution < -0.4 is 0 Å². The molecule has 2 heterocycles. The first-order valence-electron chi connectivity index (χ1n) is 6.95. The molecule has 2 rings (SSSR count). The van der Waals surface area contributed by atoms with Crippen LogP contribution in [0, 0.1) is 10.8 Å². The van der Waals surface area contributed by atoms with Crippen LogP contribution in [0.3, 0.4) is 0 Å². The van der Waals surface area contributed by atoms with E-state index in [9.17, 15) is 0 Å². The third kappa shape index (κ3) is 2.46. The van der Waals surface area contributed by atoms with Crippen molar-refractivity contribution in [2.24, 2.45) is 10.4 Å². The molecule has 1 aromatic rings. The van der Waals surface area contributed by atoms with Crippen LogP contribution in [0.4, 0.5) is 0 Å². The second-order valence-corrected chi connectivity index (χ2v) is 6.10. The molecule has 0 fully saturated rings. The Balaban J connectivity index is 2.37. The van der Waals surface area contributed by atoms with Crippen molar-refractivity contribution < 1.29 is 0 Å². The van der Waals surface area contributed by atoms with E-state index in [0.29, 0.717) is 0 Å². The van der Waals surface area contributed by atoms with Crippen molar-refractivity contribution in [3.63, 3.8) is 0 Å². The van der Waals surface area contributed by atoms with E-state index in [1.54, 1.807) is 6.21 Å². The zero-order valence-corrected chi connectivity index (χ0v) is 12.3. The normalized spacial score (nSPS) is 34.2. The lowest BCUT2D eigenvalue weighted by Gasteiger charge is -2.41. The lowest BCUT2D eigenvalue weighted by Crippen LogP contribution is -2.44. The van der Waals surface area contributed by atoms with Crippen LogP contribution in [0.25, 0.3) is 0 Å². The lowest BCUT2D eigenvalue weighted by atomic mass is 9.67. The number of hydrogen-bond donors (Lipinski definition) is 1. The molecule has 1 aliphatic rings. The Labute approximate surface area is 115 Å². The average Bonchev–Trinajstić information content (AvgIpc) is 2.43. The fourth-order valence-corrected chi connectivity index (χ4v) is 2.73. The number of hydrogen-bond acceptors (Lipinski definition) is 3. The largest absolute Gasteiger partial charge is 0.312 e. The second kappa shape index (κ2) is 4.87. The molecule has 3 nitrogen and oxygen atoms in total. The van der Waals surface area contributed by atoms with Gasteiger partial charge in [-0.3, -0.25) is 9.98 Å². The van der Waals surface area contributed by atoms with Crippen LogP contribution in [0.5, 0.6) is 0 Å². The Morgan fingerprint density at radius 1 is 1.42 bits per heavy atom.